The van der Waals surface area contributed by atoms with Crippen molar-refractivity contribution in [3.63, 3.8) is 0 Å². The fraction of sp³-hybridized carbons (Fsp3) is 0.381. The van der Waals surface area contributed by atoms with Crippen LogP contribution in [0.4, 0.5) is 0 Å². The highest BCUT2D eigenvalue weighted by Gasteiger charge is 2.34. The first-order valence-corrected chi connectivity index (χ1v) is 9.40. The van der Waals surface area contributed by atoms with Crippen LogP contribution in [0.25, 0.3) is 0 Å². The monoisotopic (exact) mass is 384 g/mol. The van der Waals surface area contributed by atoms with Gasteiger partial charge in [-0.1, -0.05) is 12.5 Å². The van der Waals surface area contributed by atoms with Crippen molar-refractivity contribution >= 4 is 11.9 Å². The van der Waals surface area contributed by atoms with E-state index in [2.05, 4.69) is 10.3 Å². The summed E-state index contributed by atoms with van der Waals surface area (Å²) in [5.41, 5.74) is 1.33. The number of nitrogens with one attached hydrogen (secondary N) is 1. The van der Waals surface area contributed by atoms with Crippen LogP contribution in [-0.2, 0) is 11.4 Å². The van der Waals surface area contributed by atoms with E-state index in [0.29, 0.717) is 43.1 Å². The van der Waals surface area contributed by atoms with Crippen molar-refractivity contribution < 1.29 is 24.2 Å². The van der Waals surface area contributed by atoms with Gasteiger partial charge in [-0.05, 0) is 44.0 Å². The molecule has 2 N–H and O–H groups in total. The first-order chi connectivity index (χ1) is 13.6. The maximum absolute atomic E-state index is 12.6. The second kappa shape index (κ2) is 9.21. The summed E-state index contributed by atoms with van der Waals surface area (Å²) in [6, 6.07) is 8.38. The van der Waals surface area contributed by atoms with Gasteiger partial charge in [0.25, 0.3) is 5.91 Å². The van der Waals surface area contributed by atoms with Crippen molar-refractivity contribution in [2.45, 2.75) is 38.8 Å². The quantitative estimate of drug-likeness (QED) is 0.726. The molecule has 2 atom stereocenters. The number of benzene rings is 1. The molecule has 0 aliphatic heterocycles. The largest absolute Gasteiger partial charge is 0.490 e. The molecule has 0 unspecified atom stereocenters. The SMILES string of the molecule is CCOc1cc(C(=O)N[C@@H]2CCC[C@@H]2C(=O)O)ccc1OCc1cccnc1. The number of aliphatic carboxylic acids is 1. The number of carboxylic acids is 1. The summed E-state index contributed by atoms with van der Waals surface area (Å²) in [6.45, 7) is 2.62. The second-order valence-corrected chi connectivity index (χ2v) is 6.70. The first kappa shape index (κ1) is 19.7. The Morgan fingerprint density at radius 3 is 2.79 bits per heavy atom. The van der Waals surface area contributed by atoms with Crippen LogP contribution in [0.2, 0.25) is 0 Å². The van der Waals surface area contributed by atoms with E-state index in [1.54, 1.807) is 30.6 Å². The van der Waals surface area contributed by atoms with Gasteiger partial charge in [-0.15, -0.1) is 0 Å². The number of pyridine rings is 1. The molecule has 1 aromatic carbocycles. The maximum atomic E-state index is 12.6. The van der Waals surface area contributed by atoms with Crippen LogP contribution in [0.1, 0.15) is 42.1 Å². The molecule has 1 aliphatic rings. The topological polar surface area (TPSA) is 97.8 Å². The molecule has 0 radical (unpaired) electrons. The van der Waals surface area contributed by atoms with Crippen LogP contribution in [0.15, 0.2) is 42.7 Å². The highest BCUT2D eigenvalue weighted by atomic mass is 16.5. The lowest BCUT2D eigenvalue weighted by molar-refractivity contribution is -0.142. The maximum Gasteiger partial charge on any atom is 0.308 e. The highest BCUT2D eigenvalue weighted by molar-refractivity contribution is 5.95. The molecule has 0 spiro atoms. The van der Waals surface area contributed by atoms with Crippen LogP contribution < -0.4 is 14.8 Å². The Balaban J connectivity index is 1.70. The third kappa shape index (κ3) is 4.79. The van der Waals surface area contributed by atoms with Crippen molar-refractivity contribution in [1.82, 2.24) is 10.3 Å². The molecule has 1 saturated carbocycles. The smallest absolute Gasteiger partial charge is 0.308 e. The van der Waals surface area contributed by atoms with E-state index in [9.17, 15) is 14.7 Å². The molecule has 1 fully saturated rings. The molecular weight excluding hydrogens is 360 g/mol. The first-order valence-electron chi connectivity index (χ1n) is 9.40. The molecule has 0 saturated heterocycles. The fourth-order valence-electron chi connectivity index (χ4n) is 3.36. The van der Waals surface area contributed by atoms with Crippen LogP contribution >= 0.6 is 0 Å². The Hall–Kier alpha value is -3.09. The van der Waals surface area contributed by atoms with Gasteiger partial charge in [0.05, 0.1) is 12.5 Å². The Morgan fingerprint density at radius 1 is 1.21 bits per heavy atom. The van der Waals surface area contributed by atoms with Gasteiger partial charge in [-0.25, -0.2) is 0 Å². The Bertz CT molecular complexity index is 825. The third-order valence-corrected chi connectivity index (χ3v) is 4.77. The van der Waals surface area contributed by atoms with E-state index in [1.165, 1.54) is 0 Å². The fourth-order valence-corrected chi connectivity index (χ4v) is 3.36. The van der Waals surface area contributed by atoms with E-state index >= 15 is 0 Å². The summed E-state index contributed by atoms with van der Waals surface area (Å²) in [5, 5.41) is 12.1. The van der Waals surface area contributed by atoms with E-state index in [4.69, 9.17) is 9.47 Å². The summed E-state index contributed by atoms with van der Waals surface area (Å²) in [7, 11) is 0. The number of ether oxygens (including phenoxy) is 2. The van der Waals surface area contributed by atoms with E-state index in [-0.39, 0.29) is 11.9 Å². The van der Waals surface area contributed by atoms with Gasteiger partial charge in [0.2, 0.25) is 0 Å². The van der Waals surface area contributed by atoms with Crippen LogP contribution in [-0.4, -0.2) is 34.6 Å². The van der Waals surface area contributed by atoms with Gasteiger partial charge >= 0.3 is 5.97 Å². The molecule has 148 valence electrons. The molecule has 7 nitrogen and oxygen atoms in total. The molecule has 1 aromatic heterocycles. The predicted molar refractivity (Wildman–Crippen MR) is 102 cm³/mol. The van der Waals surface area contributed by atoms with Crippen LogP contribution in [0.5, 0.6) is 11.5 Å². The average Bonchev–Trinajstić information content (AvgIpc) is 3.16. The summed E-state index contributed by atoms with van der Waals surface area (Å²) >= 11 is 0. The Morgan fingerprint density at radius 2 is 2.07 bits per heavy atom. The lowest BCUT2D eigenvalue weighted by Crippen LogP contribution is -2.40. The Kier molecular flexibility index (Phi) is 6.47. The summed E-state index contributed by atoms with van der Waals surface area (Å²) in [6.07, 6.45) is 5.48. The number of rotatable bonds is 8. The Labute approximate surface area is 163 Å². The van der Waals surface area contributed by atoms with Crippen molar-refractivity contribution in [2.24, 2.45) is 5.92 Å². The van der Waals surface area contributed by atoms with E-state index in [0.717, 1.165) is 12.0 Å². The molecule has 7 heteroatoms. The highest BCUT2D eigenvalue weighted by Crippen LogP contribution is 2.30. The number of aromatic nitrogens is 1. The summed E-state index contributed by atoms with van der Waals surface area (Å²) < 4.78 is 11.4. The van der Waals surface area contributed by atoms with Crippen molar-refractivity contribution in [2.75, 3.05) is 6.61 Å². The lowest BCUT2D eigenvalue weighted by Gasteiger charge is -2.18. The van der Waals surface area contributed by atoms with Gasteiger partial charge in [0, 0.05) is 29.6 Å². The number of carbonyl (C=O) groups is 2. The zero-order valence-corrected chi connectivity index (χ0v) is 15.8. The standard InChI is InChI=1S/C21H24N2O5/c1-2-27-19-11-15(20(24)23-17-7-3-6-16(17)21(25)26)8-9-18(19)28-13-14-5-4-10-22-12-14/h4-5,8-12,16-17H,2-3,6-7,13H2,1H3,(H,23,24)(H,25,26)/t16-,17+/m0/s1. The van der Waals surface area contributed by atoms with E-state index < -0.39 is 11.9 Å². The molecule has 2 aromatic rings. The van der Waals surface area contributed by atoms with Crippen molar-refractivity contribution in [3.05, 3.63) is 53.9 Å². The zero-order chi connectivity index (χ0) is 19.9. The van der Waals surface area contributed by atoms with E-state index in [1.807, 2.05) is 19.1 Å². The summed E-state index contributed by atoms with van der Waals surface area (Å²) in [4.78, 5) is 28.0. The van der Waals surface area contributed by atoms with Crippen LogP contribution in [0.3, 0.4) is 0 Å². The van der Waals surface area contributed by atoms with Crippen LogP contribution in [0, 0.1) is 5.92 Å². The van der Waals surface area contributed by atoms with Gasteiger partial charge in [-0.3, -0.25) is 14.6 Å². The second-order valence-electron chi connectivity index (χ2n) is 6.70. The molecule has 28 heavy (non-hydrogen) atoms. The van der Waals surface area contributed by atoms with Gasteiger partial charge in [-0.2, -0.15) is 0 Å². The third-order valence-electron chi connectivity index (χ3n) is 4.77. The number of hydrogen-bond acceptors (Lipinski definition) is 5. The number of carboxylic acid groups (broad SMARTS) is 1. The number of amides is 1. The predicted octanol–water partition coefficient (Wildman–Crippen LogP) is 3.04. The normalized spacial score (nSPS) is 18.5. The minimum Gasteiger partial charge on any atom is -0.490 e. The molecule has 1 amide bonds. The number of nitrogens with zero attached hydrogens (tertiary/aromatic N) is 1. The molecule has 0 bridgehead atoms. The summed E-state index contributed by atoms with van der Waals surface area (Å²) in [5.74, 6) is -0.695. The minimum absolute atomic E-state index is 0.307. The van der Waals surface area contributed by atoms with Gasteiger partial charge < -0.3 is 19.9 Å². The average molecular weight is 384 g/mol. The van der Waals surface area contributed by atoms with Crippen molar-refractivity contribution in [1.29, 1.82) is 0 Å². The molecule has 1 heterocycles. The van der Waals surface area contributed by atoms with Gasteiger partial charge in [0.1, 0.15) is 6.61 Å². The molecule has 3 rings (SSSR count). The van der Waals surface area contributed by atoms with Gasteiger partial charge in [0.15, 0.2) is 11.5 Å². The zero-order valence-electron chi connectivity index (χ0n) is 15.8. The minimum atomic E-state index is -0.864. The number of hydrogen-bond donors (Lipinski definition) is 2. The lowest BCUT2D eigenvalue weighted by atomic mass is 10.0. The number of carbonyl (C=O) groups excluding carboxylic acids is 1. The van der Waals surface area contributed by atoms with Crippen molar-refractivity contribution in [3.8, 4) is 11.5 Å². The molecular formula is C21H24N2O5. The molecule has 1 aliphatic carbocycles.